The molecule has 0 aromatic heterocycles. The number of benzene rings is 3. The van der Waals surface area contributed by atoms with Crippen LogP contribution in [0.4, 0.5) is 28.4 Å². The first kappa shape index (κ1) is 30.2. The molecule has 0 saturated carbocycles. The molecule has 3 rings (SSSR count). The summed E-state index contributed by atoms with van der Waals surface area (Å²) in [6.07, 6.45) is 0.463. The average molecular weight is 642 g/mol. The fourth-order valence-corrected chi connectivity index (χ4v) is 4.78. The molecule has 0 atom stereocenters. The minimum absolute atomic E-state index is 0. The Balaban J connectivity index is 0.00000456. The Bertz CT molecular complexity index is 1370. The van der Waals surface area contributed by atoms with Gasteiger partial charge in [-0.25, -0.2) is 8.42 Å². The van der Waals surface area contributed by atoms with Gasteiger partial charge in [0, 0.05) is 27.7 Å². The molecule has 3 aromatic rings. The monoisotopic (exact) mass is 640 g/mol. The number of azo groups is 2. The second kappa shape index (κ2) is 14.1. The Hall–Kier alpha value is -1.98. The summed E-state index contributed by atoms with van der Waals surface area (Å²) >= 11 is 6.95. The molecule has 13 heteroatoms. The maximum atomic E-state index is 11.0. The molecule has 9 nitrogen and oxygen atoms in total. The van der Waals surface area contributed by atoms with Gasteiger partial charge >= 0.3 is 29.6 Å². The van der Waals surface area contributed by atoms with Gasteiger partial charge in [-0.15, -0.1) is 5.11 Å². The van der Waals surface area contributed by atoms with E-state index in [-0.39, 0.29) is 34.5 Å². The Labute approximate surface area is 248 Å². The molecule has 0 aliphatic rings. The first-order chi connectivity index (χ1) is 16.7. The molecule has 180 valence electrons. The third-order valence-electron chi connectivity index (χ3n) is 4.76. The van der Waals surface area contributed by atoms with E-state index in [2.05, 4.69) is 63.3 Å². The van der Waals surface area contributed by atoms with Crippen molar-refractivity contribution in [2.24, 2.45) is 20.5 Å². The molecule has 3 aromatic carbocycles. The van der Waals surface area contributed by atoms with Gasteiger partial charge in [0.2, 0.25) is 0 Å². The summed E-state index contributed by atoms with van der Waals surface area (Å²) in [6.45, 7) is 3.52. The van der Waals surface area contributed by atoms with Gasteiger partial charge in [0.05, 0.1) is 34.4 Å². The molecule has 0 aliphatic carbocycles. The Morgan fingerprint density at radius 3 is 1.89 bits per heavy atom. The van der Waals surface area contributed by atoms with Crippen LogP contribution in [-0.4, -0.2) is 26.1 Å². The SMILES string of the molecule is CCN(CCC#N)c1ccc(N=Nc2c(Br)cc(N=Nc3ccc(S(=O)(=O)[O-])cc3)cc2Br)cc1.[Na+]. The van der Waals surface area contributed by atoms with E-state index in [0.717, 1.165) is 12.2 Å². The second-order valence-electron chi connectivity index (χ2n) is 7.11. The average Bonchev–Trinajstić information content (AvgIpc) is 2.83. The zero-order chi connectivity index (χ0) is 25.4. The van der Waals surface area contributed by atoms with Crippen molar-refractivity contribution in [2.45, 2.75) is 18.2 Å². The van der Waals surface area contributed by atoms with E-state index in [1.165, 1.54) is 24.3 Å². The molecule has 0 unspecified atom stereocenters. The summed E-state index contributed by atoms with van der Waals surface area (Å²) in [5.74, 6) is 0. The molecule has 0 bridgehead atoms. The van der Waals surface area contributed by atoms with Crippen molar-refractivity contribution in [1.82, 2.24) is 0 Å². The summed E-state index contributed by atoms with van der Waals surface area (Å²) < 4.78 is 34.3. The van der Waals surface area contributed by atoms with Gasteiger partial charge in [0.15, 0.2) is 0 Å². The second-order valence-corrected chi connectivity index (χ2v) is 10.2. The van der Waals surface area contributed by atoms with Crippen LogP contribution in [-0.2, 0) is 10.1 Å². The number of halogens is 2. The van der Waals surface area contributed by atoms with Crippen LogP contribution >= 0.6 is 31.9 Å². The summed E-state index contributed by atoms with van der Waals surface area (Å²) in [5.41, 5.74) is 3.18. The van der Waals surface area contributed by atoms with Gasteiger partial charge in [-0.3, -0.25) is 0 Å². The van der Waals surface area contributed by atoms with Crippen LogP contribution in [0.15, 0.2) is 95.0 Å². The van der Waals surface area contributed by atoms with Gasteiger partial charge < -0.3 is 9.45 Å². The van der Waals surface area contributed by atoms with E-state index in [0.29, 0.717) is 44.7 Å². The number of nitriles is 1. The number of nitrogens with zero attached hydrogens (tertiary/aromatic N) is 6. The third kappa shape index (κ3) is 8.55. The van der Waals surface area contributed by atoms with Crippen molar-refractivity contribution in [1.29, 1.82) is 5.26 Å². The quantitative estimate of drug-likeness (QED) is 0.190. The van der Waals surface area contributed by atoms with Crippen molar-refractivity contribution in [3.63, 3.8) is 0 Å². The molecule has 0 aliphatic heterocycles. The predicted molar refractivity (Wildman–Crippen MR) is 139 cm³/mol. The minimum Gasteiger partial charge on any atom is -0.744 e. The number of anilines is 1. The molecule has 0 radical (unpaired) electrons. The third-order valence-corrected chi connectivity index (χ3v) is 6.82. The fraction of sp³-hybridized carbons (Fsp3) is 0.174. The summed E-state index contributed by atoms with van der Waals surface area (Å²) in [7, 11) is -4.51. The summed E-state index contributed by atoms with van der Waals surface area (Å²) in [4.78, 5) is 1.79. The van der Waals surface area contributed by atoms with Gasteiger partial charge in [0.1, 0.15) is 15.8 Å². The van der Waals surface area contributed by atoms with E-state index in [4.69, 9.17) is 5.26 Å². The first-order valence-corrected chi connectivity index (χ1v) is 13.3. The van der Waals surface area contributed by atoms with Crippen LogP contribution in [0.2, 0.25) is 0 Å². The van der Waals surface area contributed by atoms with Crippen LogP contribution in [0, 0.1) is 11.3 Å². The molecular weight excluding hydrogens is 623 g/mol. The number of hydrogen-bond donors (Lipinski definition) is 0. The van der Waals surface area contributed by atoms with Crippen molar-refractivity contribution in [3.05, 3.63) is 69.6 Å². The largest absolute Gasteiger partial charge is 1.00 e. The normalized spacial score (nSPS) is 11.4. The molecule has 0 amide bonds. The first-order valence-electron chi connectivity index (χ1n) is 10.3. The van der Waals surface area contributed by atoms with Crippen LogP contribution in [0.3, 0.4) is 0 Å². The van der Waals surface area contributed by atoms with E-state index < -0.39 is 10.1 Å². The molecule has 0 saturated heterocycles. The van der Waals surface area contributed by atoms with Gasteiger partial charge in [-0.1, -0.05) is 0 Å². The van der Waals surface area contributed by atoms with E-state index >= 15 is 0 Å². The van der Waals surface area contributed by atoms with Crippen molar-refractivity contribution >= 4 is 70.4 Å². The summed E-state index contributed by atoms with van der Waals surface area (Å²) in [5, 5.41) is 25.6. The van der Waals surface area contributed by atoms with Gasteiger partial charge in [-0.05, 0) is 99.4 Å². The van der Waals surface area contributed by atoms with Gasteiger partial charge in [-0.2, -0.15) is 20.6 Å². The standard InChI is InChI=1S/C23H20Br2N6O3S.Na/c1-2-31(13-3-12-26)19-8-4-16(5-9-19)28-30-23-21(24)14-18(15-22(23)25)29-27-17-6-10-20(11-7-17)35(32,33)34;/h4-11,14-15H,2-3,13H2,1H3,(H,32,33,34);/q;+1/p-1. The number of hydrogen-bond acceptors (Lipinski definition) is 9. The maximum absolute atomic E-state index is 11.0. The van der Waals surface area contributed by atoms with Crippen molar-refractivity contribution in [2.75, 3.05) is 18.0 Å². The summed E-state index contributed by atoms with van der Waals surface area (Å²) in [6, 6.07) is 18.4. The zero-order valence-corrected chi connectivity index (χ0v) is 25.5. The van der Waals surface area contributed by atoms with Gasteiger partial charge in [0.25, 0.3) is 0 Å². The van der Waals surface area contributed by atoms with E-state index in [1.54, 1.807) is 12.1 Å². The van der Waals surface area contributed by atoms with E-state index in [1.807, 2.05) is 31.2 Å². The molecule has 36 heavy (non-hydrogen) atoms. The zero-order valence-electron chi connectivity index (χ0n) is 19.5. The van der Waals surface area contributed by atoms with Crippen LogP contribution < -0.4 is 34.5 Å². The minimum atomic E-state index is -4.51. The van der Waals surface area contributed by atoms with Crippen LogP contribution in [0.25, 0.3) is 0 Å². The maximum Gasteiger partial charge on any atom is 1.00 e. The predicted octanol–water partition coefficient (Wildman–Crippen LogP) is 4.69. The van der Waals surface area contributed by atoms with Crippen LogP contribution in [0.1, 0.15) is 13.3 Å². The Kier molecular flexibility index (Phi) is 11.8. The molecule has 0 N–H and O–H groups in total. The van der Waals surface area contributed by atoms with E-state index in [9.17, 15) is 13.0 Å². The number of rotatable bonds is 9. The smallest absolute Gasteiger partial charge is 0.744 e. The van der Waals surface area contributed by atoms with Crippen molar-refractivity contribution < 1.29 is 42.5 Å². The Morgan fingerprint density at radius 1 is 0.889 bits per heavy atom. The molecule has 0 fully saturated rings. The fourth-order valence-electron chi connectivity index (χ4n) is 2.99. The molecule has 0 heterocycles. The molecular formula is C23H19Br2N6NaO3S. The topological polar surface area (TPSA) is 134 Å². The molecule has 0 spiro atoms. The van der Waals surface area contributed by atoms with Crippen LogP contribution in [0.5, 0.6) is 0 Å². The Morgan fingerprint density at radius 2 is 1.39 bits per heavy atom. The van der Waals surface area contributed by atoms with Crippen molar-refractivity contribution in [3.8, 4) is 6.07 Å².